The van der Waals surface area contributed by atoms with Crippen LogP contribution in [-0.2, 0) is 106 Å². The van der Waals surface area contributed by atoms with Crippen molar-refractivity contribution in [2.75, 3.05) is 58.9 Å². The zero-order chi connectivity index (χ0) is 94.1. The van der Waals surface area contributed by atoms with Gasteiger partial charge >= 0.3 is 0 Å². The molecule has 40 nitrogen and oxygen atoms in total. The monoisotopic (exact) mass is 1820 g/mol. The fourth-order valence-electron chi connectivity index (χ4n) is 15.6. The molecule has 3 aliphatic rings. The number of nitrogens with two attached hydrogens (primary N) is 3. The molecular formula is C86H119N19O21S2. The molecule has 18 amide bonds. The second-order valence-electron chi connectivity index (χ2n) is 33.0. The predicted molar refractivity (Wildman–Crippen MR) is 471 cm³/mol. The summed E-state index contributed by atoms with van der Waals surface area (Å²) >= 11 is 2.12. The number of fused-ring (bicyclic) bond motifs is 4. The Morgan fingerprint density at radius 3 is 1.76 bits per heavy atom. The third kappa shape index (κ3) is 27.6. The minimum absolute atomic E-state index is 0.0186. The van der Waals surface area contributed by atoms with Crippen LogP contribution in [0.25, 0.3) is 21.0 Å². The lowest BCUT2D eigenvalue weighted by molar-refractivity contribution is -0.149. The molecule has 8 rings (SSSR count). The summed E-state index contributed by atoms with van der Waals surface area (Å²) < 4.78 is 0.815. The van der Waals surface area contributed by atoms with Crippen LogP contribution in [0.4, 0.5) is 0 Å². The van der Waals surface area contributed by atoms with E-state index in [4.69, 9.17) is 17.2 Å². The number of para-hydroxylation sites is 1. The largest absolute Gasteiger partial charge is 0.508 e. The first-order valence-corrected chi connectivity index (χ1v) is 44.7. The SMILES string of the molecule is CCCC[C@H]1C(=O)N(C)[C@@H](CCCC)C(=O)N[C@@H](C)C(=O)N[C@H](C(=O)NCC(N)=O)CSCC(=O)N[C@@H](Cc2ccc(O)cc2)C(=O)N(C)[C@@H](C)C(=O)N[C@H](CC(N)=O)C(=O)N2CCC[C@H]2C(=O)N[C@@H](CC(N)=O)C(=O)N[C@@H](CC(C)C)C(=O)N2C[C@H](O)C[C@H]2C(=O)N[C@@H](Cc2c[nH]c3ccccc23)C(=O)N[C@@H](CO)C(=O)N[C@@H](Cc2csc3ccccc23)C(=O)N1C. The highest BCUT2D eigenvalue weighted by Gasteiger charge is 2.47. The predicted octanol–water partition coefficient (Wildman–Crippen LogP) is -2.53. The number of aromatic amines is 1. The van der Waals surface area contributed by atoms with Gasteiger partial charge in [0.15, 0.2) is 0 Å². The number of nitrogens with zero attached hydrogens (tertiary/aromatic N) is 5. The number of hydrogen-bond acceptors (Lipinski definition) is 23. The summed E-state index contributed by atoms with van der Waals surface area (Å²) in [5.41, 5.74) is 18.8. The molecule has 3 fully saturated rings. The number of aliphatic hydroxyl groups is 2. The van der Waals surface area contributed by atoms with Crippen LogP contribution < -0.4 is 70.4 Å². The lowest BCUT2D eigenvalue weighted by Crippen LogP contribution is -2.61. The number of nitrogens with one attached hydrogen (secondary N) is 11. The average Bonchev–Trinajstić information content (AvgIpc) is 1.66. The third-order valence-corrected chi connectivity index (χ3v) is 24.8. The van der Waals surface area contributed by atoms with E-state index >= 15 is 28.8 Å². The molecule has 20 N–H and O–H groups in total. The smallest absolute Gasteiger partial charge is 0.246 e. The Bertz CT molecular complexity index is 4870. The minimum atomic E-state index is -1.88. The van der Waals surface area contributed by atoms with Gasteiger partial charge in [0.25, 0.3) is 0 Å². The summed E-state index contributed by atoms with van der Waals surface area (Å²) in [6.07, 6.45) is -1.10. The summed E-state index contributed by atoms with van der Waals surface area (Å²) in [4.78, 5) is 268. The van der Waals surface area contributed by atoms with Gasteiger partial charge in [0.1, 0.15) is 90.3 Å². The Hall–Kier alpha value is -12.3. The Labute approximate surface area is 748 Å². The van der Waals surface area contributed by atoms with E-state index < -0.39 is 253 Å². The second kappa shape index (κ2) is 47.5. The maximum Gasteiger partial charge on any atom is 0.246 e. The fraction of sp³-hybridized carbons (Fsp3) is 0.535. The number of primary amides is 3. The molecule has 0 unspecified atom stereocenters. The Kier molecular flexibility index (Phi) is 37.5. The van der Waals surface area contributed by atoms with Gasteiger partial charge in [0.05, 0.1) is 37.9 Å². The third-order valence-electron chi connectivity index (χ3n) is 22.8. The first kappa shape index (κ1) is 101. The zero-order valence-corrected chi connectivity index (χ0v) is 74.8. The number of carbonyl (C=O) groups is 18. The Morgan fingerprint density at radius 2 is 1.10 bits per heavy atom. The summed E-state index contributed by atoms with van der Waals surface area (Å²) in [5, 5.41) is 61.4. The van der Waals surface area contributed by atoms with E-state index in [-0.39, 0.29) is 63.7 Å². The molecule has 3 aliphatic heterocycles. The molecule has 42 heteroatoms. The molecule has 3 aromatic carbocycles. The van der Waals surface area contributed by atoms with Crippen LogP contribution in [0.3, 0.4) is 0 Å². The van der Waals surface area contributed by atoms with Crippen LogP contribution in [0.1, 0.15) is 135 Å². The van der Waals surface area contributed by atoms with Crippen LogP contribution in [0.15, 0.2) is 84.4 Å². The molecule has 696 valence electrons. The molecular weight excluding hydrogens is 1700 g/mol. The first-order chi connectivity index (χ1) is 60.7. The number of aromatic nitrogens is 1. The summed E-state index contributed by atoms with van der Waals surface area (Å²) in [7, 11) is 3.90. The van der Waals surface area contributed by atoms with Gasteiger partial charge in [-0.1, -0.05) is 102 Å². The number of thioether (sulfide) groups is 1. The zero-order valence-electron chi connectivity index (χ0n) is 73.1. The van der Waals surface area contributed by atoms with Crippen molar-refractivity contribution in [3.05, 3.63) is 101 Å². The van der Waals surface area contributed by atoms with Gasteiger partial charge in [-0.25, -0.2) is 0 Å². The normalized spacial score (nSPS) is 25.5. The van der Waals surface area contributed by atoms with Gasteiger partial charge in [-0.3, -0.25) is 86.3 Å². The van der Waals surface area contributed by atoms with Gasteiger partial charge in [-0.2, -0.15) is 0 Å². The number of rotatable bonds is 22. The number of unbranched alkanes of at least 4 members (excludes halogenated alkanes) is 2. The van der Waals surface area contributed by atoms with Crippen LogP contribution in [-0.4, -0.2) is 301 Å². The number of aliphatic hydroxyl groups excluding tert-OH is 2. The number of carbonyl (C=O) groups excluding carboxylic acids is 18. The maximum atomic E-state index is 15.6. The number of phenols is 1. The number of thiophene rings is 1. The van der Waals surface area contributed by atoms with E-state index in [2.05, 4.69) is 58.2 Å². The molecule has 3 saturated heterocycles. The molecule has 5 heterocycles. The number of benzene rings is 3. The van der Waals surface area contributed by atoms with Gasteiger partial charge in [0.2, 0.25) is 106 Å². The van der Waals surface area contributed by atoms with Crippen LogP contribution >= 0.6 is 23.1 Å². The van der Waals surface area contributed by atoms with Crippen molar-refractivity contribution in [3.8, 4) is 5.75 Å². The van der Waals surface area contributed by atoms with Gasteiger partial charge in [0, 0.05) is 87.5 Å². The van der Waals surface area contributed by atoms with Crippen molar-refractivity contribution < 1.29 is 102 Å². The summed E-state index contributed by atoms with van der Waals surface area (Å²) in [6, 6.07) is -2.37. The number of likely N-dealkylation sites (N-methyl/N-ethyl adjacent to an activating group) is 3. The van der Waals surface area contributed by atoms with Gasteiger partial charge in [-0.15, -0.1) is 23.1 Å². The van der Waals surface area contributed by atoms with Crippen molar-refractivity contribution >= 4 is 150 Å². The fourth-order valence-corrected chi connectivity index (χ4v) is 17.4. The number of phenolic OH excluding ortho intramolecular Hbond substituents is 1. The van der Waals surface area contributed by atoms with Crippen LogP contribution in [0.5, 0.6) is 5.75 Å². The van der Waals surface area contributed by atoms with Crippen molar-refractivity contribution in [2.24, 2.45) is 23.1 Å². The van der Waals surface area contributed by atoms with Gasteiger partial charge in [-0.05, 0) is 104 Å². The number of aromatic hydroxyl groups is 1. The highest BCUT2D eigenvalue weighted by molar-refractivity contribution is 8.00. The number of amides is 18. The molecule has 0 saturated carbocycles. The topological polar surface area (TPSA) is 598 Å². The number of hydrogen-bond donors (Lipinski definition) is 17. The lowest BCUT2D eigenvalue weighted by Gasteiger charge is -2.36. The van der Waals surface area contributed by atoms with Crippen LogP contribution in [0.2, 0.25) is 0 Å². The molecule has 0 spiro atoms. The second-order valence-corrected chi connectivity index (χ2v) is 34.9. The standard InChI is InChI=1S/C86H119N19O21S2/c1-10-12-22-64-79(119)92-46(5)73(113)100-63(75(115)91-39-71(89)111)43-127-44-72(112)93-59(32-48-26-28-51(107)29-27-48)82(122)101(7)47(6)74(114)96-61(37-70(88)110)84(124)104-30-18-24-65(104)80(120)95-57(36-69(87)109)77(117)97-58(31-45(3)4)85(125)105-40-52(108)35-67(105)81(121)94-56(33-49-38-90-55-21-16-14-19-53(49)55)76(116)99-62(41-106)78(118)98-60(34-50-42-128-68-25-17-15-20-54(50)68)83(123)103(9)66(23-13-11-2)86(126)102(64)8/h14-17,19-21,25-29,38,42,45-47,52,56-67,90,106-108H,10-13,18,22-24,30-37,39-41,43-44H2,1-9H3,(H2,87,109)(H2,88,110)(H2,89,111)(H,91,115)(H,92,119)(H,93,112)(H,94,121)(H,95,120)(H,96,114)(H,97,117)(H,98,118)(H,99,116)(H,100,113)/t46-,47-,52+,56-,57-,58-,59-,60-,61+,62-,63-,64-,65-,66-,67-/m0/s1. The van der Waals surface area contributed by atoms with Crippen molar-refractivity contribution in [1.82, 2.24) is 82.7 Å². The molecule has 0 aliphatic carbocycles. The molecule has 0 radical (unpaired) electrons. The number of H-pyrrole nitrogens is 1. The maximum absolute atomic E-state index is 15.6. The Balaban J connectivity index is 1.17. The van der Waals surface area contributed by atoms with E-state index in [1.165, 1.54) is 70.6 Å². The van der Waals surface area contributed by atoms with Crippen molar-refractivity contribution in [2.45, 2.75) is 229 Å². The minimum Gasteiger partial charge on any atom is -0.508 e. The van der Waals surface area contributed by atoms with E-state index in [0.29, 0.717) is 58.7 Å². The lowest BCUT2D eigenvalue weighted by atomic mass is 10.00. The molecule has 2 aromatic heterocycles. The van der Waals surface area contributed by atoms with Gasteiger partial charge < -0.3 is 115 Å². The summed E-state index contributed by atoms with van der Waals surface area (Å²) in [6.45, 7) is 7.15. The molecule has 128 heavy (non-hydrogen) atoms. The first-order valence-electron chi connectivity index (χ1n) is 42.6. The highest BCUT2D eigenvalue weighted by Crippen LogP contribution is 2.30. The van der Waals surface area contributed by atoms with Crippen molar-refractivity contribution in [3.63, 3.8) is 0 Å². The van der Waals surface area contributed by atoms with E-state index in [1.807, 2.05) is 32.0 Å². The van der Waals surface area contributed by atoms with E-state index in [0.717, 1.165) is 41.0 Å². The molecule has 5 aromatic rings. The van der Waals surface area contributed by atoms with E-state index in [1.54, 1.807) is 55.8 Å². The molecule has 0 bridgehead atoms. The summed E-state index contributed by atoms with van der Waals surface area (Å²) in [5.74, 6) is -19.1. The quantitative estimate of drug-likeness (QED) is 0.0340. The average molecular weight is 1820 g/mol. The molecule has 15 atom stereocenters. The Morgan fingerprint density at radius 1 is 0.547 bits per heavy atom. The van der Waals surface area contributed by atoms with E-state index in [9.17, 15) is 72.9 Å². The van der Waals surface area contributed by atoms with Crippen molar-refractivity contribution in [1.29, 1.82) is 0 Å². The van der Waals surface area contributed by atoms with Crippen LogP contribution in [0, 0.1) is 5.92 Å². The highest BCUT2D eigenvalue weighted by atomic mass is 32.2.